The Labute approximate surface area is 205 Å². The molecule has 1 heterocycles. The third-order valence-corrected chi connectivity index (χ3v) is 5.92. The van der Waals surface area contributed by atoms with E-state index in [9.17, 15) is 13.2 Å². The summed E-state index contributed by atoms with van der Waals surface area (Å²) in [5, 5.41) is 16.6. The Balaban J connectivity index is 1.40. The normalized spacial score (nSPS) is 12.0. The molecule has 3 rings (SSSR count). The second-order valence-electron chi connectivity index (χ2n) is 8.84. The first kappa shape index (κ1) is 26.6. The van der Waals surface area contributed by atoms with Gasteiger partial charge in [0.1, 0.15) is 5.69 Å². The molecule has 0 atom stereocenters. The summed E-state index contributed by atoms with van der Waals surface area (Å²) in [5.41, 5.74) is 1.97. The maximum atomic E-state index is 12.6. The van der Waals surface area contributed by atoms with E-state index in [1.165, 1.54) is 69.9 Å². The van der Waals surface area contributed by atoms with Crippen molar-refractivity contribution in [2.75, 3.05) is 0 Å². The van der Waals surface area contributed by atoms with Crippen LogP contribution in [0, 0.1) is 0 Å². The standard InChI is InChI=1S/C27H34F3N5/c1-2-3-4-5-6-7-8-9-10-11-20-35-21-26(33-34-35)22-12-16-24(17-13-22)31-32-25-18-14-23(15-19-25)27(28,29)30/h12-19,21H,2-11,20H2,1H3. The summed E-state index contributed by atoms with van der Waals surface area (Å²) in [6, 6.07) is 12.0. The predicted molar refractivity (Wildman–Crippen MR) is 133 cm³/mol. The number of nitrogens with zero attached hydrogens (tertiary/aromatic N) is 5. The Kier molecular flexibility index (Phi) is 10.4. The molecule has 8 heteroatoms. The lowest BCUT2D eigenvalue weighted by Crippen LogP contribution is -2.03. The molecule has 5 nitrogen and oxygen atoms in total. The van der Waals surface area contributed by atoms with E-state index in [0.29, 0.717) is 11.4 Å². The first-order chi connectivity index (χ1) is 17.0. The minimum atomic E-state index is -4.36. The van der Waals surface area contributed by atoms with Crippen LogP contribution >= 0.6 is 0 Å². The number of azo groups is 1. The Bertz CT molecular complexity index is 1020. The average molecular weight is 486 g/mol. The first-order valence-corrected chi connectivity index (χ1v) is 12.6. The van der Waals surface area contributed by atoms with E-state index in [-0.39, 0.29) is 0 Å². The summed E-state index contributed by atoms with van der Waals surface area (Å²) in [4.78, 5) is 0. The Morgan fingerprint density at radius 3 is 1.77 bits per heavy atom. The van der Waals surface area contributed by atoms with E-state index in [4.69, 9.17) is 0 Å². The highest BCUT2D eigenvalue weighted by molar-refractivity contribution is 5.60. The van der Waals surface area contributed by atoms with E-state index in [1.54, 1.807) is 12.1 Å². The molecule has 0 spiro atoms. The molecule has 0 aliphatic carbocycles. The molecule has 2 aromatic carbocycles. The van der Waals surface area contributed by atoms with Crippen LogP contribution < -0.4 is 0 Å². The van der Waals surface area contributed by atoms with Gasteiger partial charge in [-0.15, -0.1) is 5.10 Å². The van der Waals surface area contributed by atoms with Crippen LogP contribution in [0.5, 0.6) is 0 Å². The van der Waals surface area contributed by atoms with Gasteiger partial charge in [-0.3, -0.25) is 4.68 Å². The minimum absolute atomic E-state index is 0.358. The summed E-state index contributed by atoms with van der Waals surface area (Å²) in [5.74, 6) is 0. The van der Waals surface area contributed by atoms with Gasteiger partial charge < -0.3 is 0 Å². The van der Waals surface area contributed by atoms with Crippen LogP contribution in [0.15, 0.2) is 65.0 Å². The molecule has 0 amide bonds. The average Bonchev–Trinajstić information content (AvgIpc) is 3.33. The summed E-state index contributed by atoms with van der Waals surface area (Å²) < 4.78 is 39.8. The molecule has 188 valence electrons. The van der Waals surface area contributed by atoms with Gasteiger partial charge in [0, 0.05) is 12.1 Å². The number of aromatic nitrogens is 3. The topological polar surface area (TPSA) is 55.4 Å². The minimum Gasteiger partial charge on any atom is -0.252 e. The van der Waals surface area contributed by atoms with Crippen LogP contribution in [0.2, 0.25) is 0 Å². The maximum Gasteiger partial charge on any atom is 0.416 e. The van der Waals surface area contributed by atoms with Crippen molar-refractivity contribution in [3.63, 3.8) is 0 Å². The fourth-order valence-corrected chi connectivity index (χ4v) is 3.83. The lowest BCUT2D eigenvalue weighted by Gasteiger charge is -2.05. The predicted octanol–water partition coefficient (Wildman–Crippen LogP) is 9.30. The van der Waals surface area contributed by atoms with Gasteiger partial charge >= 0.3 is 6.18 Å². The number of benzene rings is 2. The summed E-state index contributed by atoms with van der Waals surface area (Å²) in [6.45, 7) is 3.11. The van der Waals surface area contributed by atoms with Crippen LogP contribution in [-0.4, -0.2) is 15.0 Å². The number of hydrogen-bond donors (Lipinski definition) is 0. The molecule has 3 aromatic rings. The molecule has 0 aliphatic rings. The van der Waals surface area contributed by atoms with Gasteiger partial charge in [-0.1, -0.05) is 82.1 Å². The van der Waals surface area contributed by atoms with Gasteiger partial charge in [0.15, 0.2) is 0 Å². The van der Waals surface area contributed by atoms with Crippen molar-refractivity contribution in [1.82, 2.24) is 15.0 Å². The van der Waals surface area contributed by atoms with Crippen molar-refractivity contribution in [3.8, 4) is 11.3 Å². The lowest BCUT2D eigenvalue weighted by atomic mass is 10.1. The number of aryl methyl sites for hydroxylation is 1. The Hall–Kier alpha value is -3.03. The highest BCUT2D eigenvalue weighted by Crippen LogP contribution is 2.31. The lowest BCUT2D eigenvalue weighted by molar-refractivity contribution is -0.137. The third kappa shape index (κ3) is 9.26. The van der Waals surface area contributed by atoms with Crippen molar-refractivity contribution < 1.29 is 13.2 Å². The highest BCUT2D eigenvalue weighted by atomic mass is 19.4. The van der Waals surface area contributed by atoms with Gasteiger partial charge in [0.2, 0.25) is 0 Å². The molecule has 0 unspecified atom stereocenters. The Morgan fingerprint density at radius 1 is 0.714 bits per heavy atom. The third-order valence-electron chi connectivity index (χ3n) is 5.92. The van der Waals surface area contributed by atoms with E-state index in [0.717, 1.165) is 36.4 Å². The maximum absolute atomic E-state index is 12.6. The zero-order chi connectivity index (χ0) is 24.9. The summed E-state index contributed by atoms with van der Waals surface area (Å²) >= 11 is 0. The van der Waals surface area contributed by atoms with Crippen molar-refractivity contribution >= 4 is 11.4 Å². The molecular weight excluding hydrogens is 451 g/mol. The molecule has 0 saturated heterocycles. The molecule has 0 N–H and O–H groups in total. The quantitative estimate of drug-likeness (QED) is 0.169. The van der Waals surface area contributed by atoms with E-state index >= 15 is 0 Å². The number of halogens is 3. The number of rotatable bonds is 14. The molecule has 1 aromatic heterocycles. The van der Waals surface area contributed by atoms with Gasteiger partial charge in [-0.25, -0.2) is 0 Å². The highest BCUT2D eigenvalue weighted by Gasteiger charge is 2.29. The van der Waals surface area contributed by atoms with Crippen molar-refractivity contribution in [2.45, 2.75) is 83.9 Å². The van der Waals surface area contributed by atoms with Gasteiger partial charge in [0.05, 0.1) is 23.1 Å². The van der Waals surface area contributed by atoms with Crippen LogP contribution in [0.1, 0.15) is 76.7 Å². The zero-order valence-corrected chi connectivity index (χ0v) is 20.3. The van der Waals surface area contributed by atoms with Crippen LogP contribution in [0.25, 0.3) is 11.3 Å². The number of alkyl halides is 3. The van der Waals surface area contributed by atoms with Gasteiger partial charge in [-0.2, -0.15) is 23.4 Å². The van der Waals surface area contributed by atoms with Crippen LogP contribution in [0.3, 0.4) is 0 Å². The molecule has 0 bridgehead atoms. The fraction of sp³-hybridized carbons (Fsp3) is 0.481. The van der Waals surface area contributed by atoms with Crippen LogP contribution in [-0.2, 0) is 12.7 Å². The van der Waals surface area contributed by atoms with E-state index in [1.807, 2.05) is 23.0 Å². The Morgan fingerprint density at radius 2 is 1.23 bits per heavy atom. The van der Waals surface area contributed by atoms with Gasteiger partial charge in [-0.05, 0) is 42.8 Å². The second kappa shape index (κ2) is 13.8. The van der Waals surface area contributed by atoms with Crippen molar-refractivity contribution in [2.24, 2.45) is 10.2 Å². The largest absolute Gasteiger partial charge is 0.416 e. The molecule has 0 aliphatic heterocycles. The molecule has 0 saturated carbocycles. The van der Waals surface area contributed by atoms with Gasteiger partial charge in [0.25, 0.3) is 0 Å². The fourth-order valence-electron chi connectivity index (χ4n) is 3.83. The summed E-state index contributed by atoms with van der Waals surface area (Å²) in [6.07, 6.45) is 10.6. The van der Waals surface area contributed by atoms with Crippen molar-refractivity contribution in [1.29, 1.82) is 0 Å². The number of hydrogen-bond acceptors (Lipinski definition) is 4. The molecule has 0 fully saturated rings. The smallest absolute Gasteiger partial charge is 0.252 e. The van der Waals surface area contributed by atoms with Crippen LogP contribution in [0.4, 0.5) is 24.5 Å². The zero-order valence-electron chi connectivity index (χ0n) is 20.3. The van der Waals surface area contributed by atoms with E-state index < -0.39 is 11.7 Å². The second-order valence-corrected chi connectivity index (χ2v) is 8.84. The molecule has 35 heavy (non-hydrogen) atoms. The molecule has 0 radical (unpaired) electrons. The molecular formula is C27H34F3N5. The first-order valence-electron chi connectivity index (χ1n) is 12.6. The summed E-state index contributed by atoms with van der Waals surface area (Å²) in [7, 11) is 0. The number of unbranched alkanes of at least 4 members (excludes halogenated alkanes) is 9. The van der Waals surface area contributed by atoms with Crippen molar-refractivity contribution in [3.05, 3.63) is 60.3 Å². The SMILES string of the molecule is CCCCCCCCCCCCn1cc(-c2ccc(N=Nc3ccc(C(F)(F)F)cc3)cc2)nn1. The monoisotopic (exact) mass is 485 g/mol. The van der Waals surface area contributed by atoms with E-state index in [2.05, 4.69) is 27.5 Å².